The Bertz CT molecular complexity index is 490. The van der Waals surface area contributed by atoms with Crippen molar-refractivity contribution >= 4 is 39.8 Å². The SMILES string of the molecule is Cc1c2c(c(C)c3c1=NNN3)=ISN2. The average molecular weight is 320 g/mol. The second-order valence-corrected chi connectivity index (χ2v) is 7.50. The molecule has 0 saturated carbocycles. The van der Waals surface area contributed by atoms with Gasteiger partial charge in [0.2, 0.25) is 0 Å². The summed E-state index contributed by atoms with van der Waals surface area (Å²) in [5, 5.41) is 5.29. The van der Waals surface area contributed by atoms with E-state index >= 15 is 0 Å². The molecule has 6 heteroatoms. The summed E-state index contributed by atoms with van der Waals surface area (Å²) in [6.07, 6.45) is 0. The summed E-state index contributed by atoms with van der Waals surface area (Å²) in [6, 6.07) is 0. The Kier molecular flexibility index (Phi) is 1.88. The lowest BCUT2D eigenvalue weighted by molar-refractivity contribution is 0.887. The van der Waals surface area contributed by atoms with Crippen molar-refractivity contribution in [1.29, 1.82) is 0 Å². The number of nitrogens with one attached hydrogen (secondary N) is 3. The van der Waals surface area contributed by atoms with Crippen LogP contribution in [0, 0.1) is 17.0 Å². The highest BCUT2D eigenvalue weighted by molar-refractivity contribution is 14.2. The fraction of sp³-hybridized carbons (Fsp3) is 0.250. The van der Waals surface area contributed by atoms with Crippen molar-refractivity contribution in [2.75, 3.05) is 10.1 Å². The largest absolute Gasteiger partial charge is 0.320 e. The number of fused-ring (bicyclic) bond motifs is 2. The van der Waals surface area contributed by atoms with Crippen molar-refractivity contribution in [2.45, 2.75) is 13.8 Å². The monoisotopic (exact) mass is 320 g/mol. The second kappa shape index (κ2) is 2.99. The van der Waals surface area contributed by atoms with Gasteiger partial charge in [-0.2, -0.15) is 5.10 Å². The highest BCUT2D eigenvalue weighted by Crippen LogP contribution is 2.40. The van der Waals surface area contributed by atoms with Crippen LogP contribution in [-0.2, 0) is 0 Å². The van der Waals surface area contributed by atoms with Gasteiger partial charge in [0.05, 0.1) is 11.4 Å². The Hall–Kier alpha value is -0.500. The summed E-state index contributed by atoms with van der Waals surface area (Å²) in [6.45, 7) is 4.29. The number of anilines is 2. The zero-order valence-electron chi connectivity index (χ0n) is 7.73. The molecule has 1 aromatic carbocycles. The fourth-order valence-electron chi connectivity index (χ4n) is 1.69. The molecule has 0 saturated heterocycles. The molecule has 0 amide bonds. The fourth-order valence-corrected chi connectivity index (χ4v) is 6.63. The molecule has 2 heterocycles. The summed E-state index contributed by atoms with van der Waals surface area (Å²) in [5.41, 5.74) is 11.0. The first-order valence-corrected chi connectivity index (χ1v) is 8.68. The minimum absolute atomic E-state index is 0.0722. The first-order valence-electron chi connectivity index (χ1n) is 4.24. The van der Waals surface area contributed by atoms with E-state index in [0.29, 0.717) is 0 Å². The zero-order valence-corrected chi connectivity index (χ0v) is 10.7. The molecule has 0 bridgehead atoms. The Morgan fingerprint density at radius 2 is 2.07 bits per heavy atom. The second-order valence-electron chi connectivity index (χ2n) is 3.27. The predicted octanol–water partition coefficient (Wildman–Crippen LogP) is 1.98. The molecule has 0 spiro atoms. The third-order valence-electron chi connectivity index (χ3n) is 2.50. The molecule has 0 atom stereocenters. The summed E-state index contributed by atoms with van der Waals surface area (Å²) in [7, 11) is 1.85. The predicted molar refractivity (Wildman–Crippen MR) is 67.9 cm³/mol. The molecule has 2 aliphatic rings. The molecule has 3 rings (SSSR count). The number of hydrogen-bond donors (Lipinski definition) is 3. The number of benzene rings is 1. The first kappa shape index (κ1) is 8.78. The van der Waals surface area contributed by atoms with Gasteiger partial charge in [0.15, 0.2) is 0 Å². The Morgan fingerprint density at radius 3 is 2.93 bits per heavy atom. The molecular formula is C8H9IN4S. The van der Waals surface area contributed by atoms with Crippen molar-refractivity contribution in [1.82, 2.24) is 5.53 Å². The highest BCUT2D eigenvalue weighted by atomic mass is 127. The minimum Gasteiger partial charge on any atom is -0.320 e. The number of hydrazine groups is 1. The van der Waals surface area contributed by atoms with E-state index in [1.807, 2.05) is 9.12 Å². The van der Waals surface area contributed by atoms with Gasteiger partial charge >= 0.3 is 0 Å². The Labute approximate surface area is 93.8 Å². The lowest BCUT2D eigenvalue weighted by atomic mass is 10.1. The maximum Gasteiger partial charge on any atom is 0.115 e. The van der Waals surface area contributed by atoms with Crippen LogP contribution >= 0.6 is 28.5 Å². The molecule has 0 radical (unpaired) electrons. The molecule has 1 aromatic rings. The van der Waals surface area contributed by atoms with Crippen molar-refractivity contribution in [3.8, 4) is 0 Å². The molecule has 14 heavy (non-hydrogen) atoms. The van der Waals surface area contributed by atoms with Crippen LogP contribution in [0.3, 0.4) is 0 Å². The molecule has 0 aliphatic carbocycles. The molecule has 3 N–H and O–H groups in total. The van der Waals surface area contributed by atoms with Crippen molar-refractivity contribution in [3.05, 3.63) is 19.6 Å². The normalized spacial score (nSPS) is 16.1. The maximum absolute atomic E-state index is 4.24. The third-order valence-corrected chi connectivity index (χ3v) is 7.00. The summed E-state index contributed by atoms with van der Waals surface area (Å²) >= 11 is 0.0722. The lowest BCUT2D eigenvalue weighted by Gasteiger charge is -2.06. The number of nitrogens with zero attached hydrogens (tertiary/aromatic N) is 1. The molecular weight excluding hydrogens is 311 g/mol. The van der Waals surface area contributed by atoms with E-state index in [0.717, 1.165) is 11.0 Å². The van der Waals surface area contributed by atoms with E-state index in [2.05, 4.69) is 34.6 Å². The van der Waals surface area contributed by atoms with Gasteiger partial charge in [0.1, 0.15) is 5.36 Å². The van der Waals surface area contributed by atoms with Crippen LogP contribution in [0.15, 0.2) is 5.10 Å². The van der Waals surface area contributed by atoms with Crippen LogP contribution in [0.2, 0.25) is 0 Å². The van der Waals surface area contributed by atoms with Crippen LogP contribution in [-0.4, -0.2) is 0 Å². The van der Waals surface area contributed by atoms with Crippen LogP contribution in [0.5, 0.6) is 0 Å². The molecule has 0 unspecified atom stereocenters. The van der Waals surface area contributed by atoms with Crippen LogP contribution < -0.4 is 21.0 Å². The smallest absolute Gasteiger partial charge is 0.115 e. The van der Waals surface area contributed by atoms with Crippen molar-refractivity contribution in [2.24, 2.45) is 5.10 Å². The summed E-state index contributed by atoms with van der Waals surface area (Å²) in [4.78, 5) is 0. The van der Waals surface area contributed by atoms with E-state index in [-0.39, 0.29) is 19.3 Å². The first-order chi connectivity index (χ1) is 6.79. The van der Waals surface area contributed by atoms with Crippen LogP contribution in [0.1, 0.15) is 11.1 Å². The standard InChI is InChI=1S/C8H9IN4S/c1-3-5-6(12-14-9-5)4(2)8-7(3)10-13-11-8/h10,12-13H,1-2H3. The lowest BCUT2D eigenvalue weighted by Crippen LogP contribution is -2.12. The minimum atomic E-state index is 0.0722. The molecule has 2 aliphatic heterocycles. The summed E-state index contributed by atoms with van der Waals surface area (Å²) < 4.78 is 4.90. The molecule has 0 fully saturated rings. The Morgan fingerprint density at radius 1 is 1.21 bits per heavy atom. The maximum atomic E-state index is 4.24. The summed E-state index contributed by atoms with van der Waals surface area (Å²) in [5.74, 6) is 0. The van der Waals surface area contributed by atoms with Gasteiger partial charge in [-0.1, -0.05) is 0 Å². The molecule has 0 aromatic heterocycles. The number of rotatable bonds is 0. The highest BCUT2D eigenvalue weighted by Gasteiger charge is 2.18. The number of halogens is 1. The van der Waals surface area contributed by atoms with Gasteiger partial charge in [-0.3, -0.25) is 5.43 Å². The third kappa shape index (κ3) is 1.01. The zero-order chi connectivity index (χ0) is 9.71. The van der Waals surface area contributed by atoms with Crippen LogP contribution in [0.4, 0.5) is 11.4 Å². The van der Waals surface area contributed by atoms with Crippen molar-refractivity contribution < 1.29 is 0 Å². The van der Waals surface area contributed by atoms with E-state index < -0.39 is 0 Å². The topological polar surface area (TPSA) is 48.5 Å². The van der Waals surface area contributed by atoms with Gasteiger partial charge in [-0.25, -0.2) is 5.53 Å². The van der Waals surface area contributed by atoms with E-state index in [1.54, 1.807) is 0 Å². The average Bonchev–Trinajstić information content (AvgIpc) is 2.82. The quantitative estimate of drug-likeness (QED) is 0.505. The molecule has 4 nitrogen and oxygen atoms in total. The van der Waals surface area contributed by atoms with E-state index in [9.17, 15) is 0 Å². The van der Waals surface area contributed by atoms with Crippen molar-refractivity contribution in [3.63, 3.8) is 0 Å². The van der Waals surface area contributed by atoms with Gasteiger partial charge in [0.25, 0.3) is 0 Å². The van der Waals surface area contributed by atoms with Gasteiger partial charge < -0.3 is 4.72 Å². The van der Waals surface area contributed by atoms with E-state index in [1.165, 1.54) is 20.0 Å². The number of hydrogen-bond acceptors (Lipinski definition) is 5. The van der Waals surface area contributed by atoms with Gasteiger partial charge in [-0.15, -0.1) is 0 Å². The Balaban J connectivity index is 2.53. The van der Waals surface area contributed by atoms with Gasteiger partial charge in [-0.05, 0) is 38.8 Å². The van der Waals surface area contributed by atoms with Gasteiger partial charge in [0, 0.05) is 17.8 Å². The van der Waals surface area contributed by atoms with E-state index in [4.69, 9.17) is 0 Å². The molecule has 74 valence electrons. The van der Waals surface area contributed by atoms with Crippen LogP contribution in [0.25, 0.3) is 0 Å².